The first kappa shape index (κ1) is 14.6. The summed E-state index contributed by atoms with van der Waals surface area (Å²) in [6.07, 6.45) is 0. The number of nitro groups is 1. The van der Waals surface area contributed by atoms with Crippen LogP contribution in [0.1, 0.15) is 21.8 Å². The zero-order valence-electron chi connectivity index (χ0n) is 11.8. The SMILES string of the molecule is CN[C@H]1[C@H]([N+](=O)[O-])[C@@H](c2cccs2)N(C)[C@@H]1c1cccs1. The van der Waals surface area contributed by atoms with Crippen molar-refractivity contribution in [2.45, 2.75) is 24.2 Å². The van der Waals surface area contributed by atoms with E-state index in [9.17, 15) is 10.1 Å². The van der Waals surface area contributed by atoms with Gasteiger partial charge in [0.2, 0.25) is 6.04 Å². The van der Waals surface area contributed by atoms with Crippen LogP contribution in [0.3, 0.4) is 0 Å². The molecule has 4 atom stereocenters. The molecule has 2 aromatic rings. The average Bonchev–Trinajstić information content (AvgIpc) is 3.16. The van der Waals surface area contributed by atoms with Crippen LogP contribution in [0.4, 0.5) is 0 Å². The maximum Gasteiger partial charge on any atom is 0.250 e. The standard InChI is InChI=1S/C14H17N3O2S2/c1-15-11-12(9-5-3-7-20-9)16(2)13(14(11)17(18)19)10-6-4-8-21-10/h3-8,11-15H,1-2H3/t11-,12-,13-,14+/m1/s1. The lowest BCUT2D eigenvalue weighted by molar-refractivity contribution is -0.528. The molecule has 0 spiro atoms. The van der Waals surface area contributed by atoms with E-state index in [2.05, 4.69) is 16.3 Å². The fourth-order valence-electron chi connectivity index (χ4n) is 3.29. The first-order valence-electron chi connectivity index (χ1n) is 6.74. The van der Waals surface area contributed by atoms with Crippen LogP contribution in [0, 0.1) is 10.1 Å². The second-order valence-electron chi connectivity index (χ2n) is 5.18. The molecule has 0 bridgehead atoms. The van der Waals surface area contributed by atoms with Crippen LogP contribution in [-0.4, -0.2) is 36.0 Å². The number of hydrogen-bond donors (Lipinski definition) is 1. The van der Waals surface area contributed by atoms with Crippen molar-refractivity contribution in [1.82, 2.24) is 10.2 Å². The summed E-state index contributed by atoms with van der Waals surface area (Å²) >= 11 is 3.24. The monoisotopic (exact) mass is 323 g/mol. The summed E-state index contributed by atoms with van der Waals surface area (Å²) in [6.45, 7) is 0. The van der Waals surface area contributed by atoms with Crippen LogP contribution in [0.25, 0.3) is 0 Å². The maximum atomic E-state index is 11.7. The van der Waals surface area contributed by atoms with E-state index in [1.54, 1.807) is 22.7 Å². The van der Waals surface area contributed by atoms with Gasteiger partial charge in [0.15, 0.2) is 0 Å². The first-order chi connectivity index (χ1) is 10.1. The zero-order chi connectivity index (χ0) is 15.0. The van der Waals surface area contributed by atoms with Gasteiger partial charge in [0.05, 0.1) is 12.1 Å². The number of nitrogens with zero attached hydrogens (tertiary/aromatic N) is 2. The Morgan fingerprint density at radius 3 is 2.19 bits per heavy atom. The molecule has 1 aliphatic rings. The van der Waals surface area contributed by atoms with Gasteiger partial charge in [0, 0.05) is 14.7 Å². The van der Waals surface area contributed by atoms with Crippen molar-refractivity contribution >= 4 is 22.7 Å². The number of likely N-dealkylation sites (N-methyl/N-ethyl adjacent to an activating group) is 2. The summed E-state index contributed by atoms with van der Waals surface area (Å²) < 4.78 is 0. The minimum atomic E-state index is -0.647. The van der Waals surface area contributed by atoms with Crippen molar-refractivity contribution in [3.63, 3.8) is 0 Å². The third kappa shape index (κ3) is 2.40. The molecule has 0 saturated carbocycles. The summed E-state index contributed by atoms with van der Waals surface area (Å²) in [5, 5.41) is 18.9. The van der Waals surface area contributed by atoms with Gasteiger partial charge in [-0.15, -0.1) is 22.7 Å². The molecule has 1 N–H and O–H groups in total. The molecule has 21 heavy (non-hydrogen) atoms. The van der Waals surface area contributed by atoms with Crippen molar-refractivity contribution in [1.29, 1.82) is 0 Å². The fraction of sp³-hybridized carbons (Fsp3) is 0.429. The molecule has 1 saturated heterocycles. The Hall–Kier alpha value is -1.28. The van der Waals surface area contributed by atoms with Gasteiger partial charge in [-0.2, -0.15) is 0 Å². The Morgan fingerprint density at radius 2 is 1.76 bits per heavy atom. The Balaban J connectivity index is 2.05. The van der Waals surface area contributed by atoms with Gasteiger partial charge in [-0.3, -0.25) is 15.0 Å². The Labute approximate surface area is 131 Å². The van der Waals surface area contributed by atoms with Gasteiger partial charge in [0.1, 0.15) is 6.04 Å². The van der Waals surface area contributed by atoms with Gasteiger partial charge < -0.3 is 5.32 Å². The number of nitrogens with one attached hydrogen (secondary N) is 1. The van der Waals surface area contributed by atoms with E-state index in [-0.39, 0.29) is 23.0 Å². The van der Waals surface area contributed by atoms with E-state index in [0.717, 1.165) is 4.88 Å². The topological polar surface area (TPSA) is 58.4 Å². The lowest BCUT2D eigenvalue weighted by atomic mass is 10.0. The minimum absolute atomic E-state index is 0.0255. The summed E-state index contributed by atoms with van der Waals surface area (Å²) in [5.41, 5.74) is 0. The zero-order valence-corrected chi connectivity index (χ0v) is 13.4. The van der Waals surface area contributed by atoms with Crippen molar-refractivity contribution in [2.24, 2.45) is 0 Å². The minimum Gasteiger partial charge on any atom is -0.309 e. The molecule has 112 valence electrons. The highest BCUT2D eigenvalue weighted by Crippen LogP contribution is 2.46. The Kier molecular flexibility index (Phi) is 4.08. The average molecular weight is 323 g/mol. The molecule has 0 amide bonds. The molecule has 7 heteroatoms. The number of thiophene rings is 2. The van der Waals surface area contributed by atoms with Gasteiger partial charge in [-0.1, -0.05) is 12.1 Å². The molecule has 3 rings (SSSR count). The lowest BCUT2D eigenvalue weighted by Gasteiger charge is -2.24. The predicted octanol–water partition coefficient (Wildman–Crippen LogP) is 2.77. The summed E-state index contributed by atoms with van der Waals surface area (Å²) in [5.74, 6) is 0. The highest BCUT2D eigenvalue weighted by Gasteiger charge is 2.55. The quantitative estimate of drug-likeness (QED) is 0.694. The van der Waals surface area contributed by atoms with E-state index in [1.165, 1.54) is 4.88 Å². The third-order valence-electron chi connectivity index (χ3n) is 4.16. The van der Waals surface area contributed by atoms with Crippen molar-refractivity contribution in [3.8, 4) is 0 Å². The second kappa shape index (κ2) is 5.84. The second-order valence-corrected chi connectivity index (χ2v) is 7.13. The van der Waals surface area contributed by atoms with E-state index < -0.39 is 6.04 Å². The van der Waals surface area contributed by atoms with E-state index in [0.29, 0.717) is 0 Å². The smallest absolute Gasteiger partial charge is 0.250 e. The highest BCUT2D eigenvalue weighted by atomic mass is 32.1. The van der Waals surface area contributed by atoms with Crippen LogP contribution in [0.2, 0.25) is 0 Å². The van der Waals surface area contributed by atoms with E-state index >= 15 is 0 Å². The van der Waals surface area contributed by atoms with Crippen LogP contribution in [0.5, 0.6) is 0 Å². The van der Waals surface area contributed by atoms with Gasteiger partial charge in [-0.05, 0) is 37.0 Å². The Bertz CT molecular complexity index is 600. The molecule has 1 aliphatic heterocycles. The molecular formula is C14H17N3O2S2. The molecule has 0 unspecified atom stereocenters. The van der Waals surface area contributed by atoms with Crippen LogP contribution < -0.4 is 5.32 Å². The molecule has 3 heterocycles. The van der Waals surface area contributed by atoms with Gasteiger partial charge in [-0.25, -0.2) is 0 Å². The lowest BCUT2D eigenvalue weighted by Crippen LogP contribution is -2.43. The number of hydrogen-bond acceptors (Lipinski definition) is 6. The highest BCUT2D eigenvalue weighted by molar-refractivity contribution is 7.10. The number of likely N-dealkylation sites (tertiary alicyclic amines) is 1. The summed E-state index contributed by atoms with van der Waals surface area (Å²) in [4.78, 5) is 15.9. The normalized spacial score (nSPS) is 29.8. The molecule has 5 nitrogen and oxygen atoms in total. The largest absolute Gasteiger partial charge is 0.309 e. The molecule has 1 fully saturated rings. The molecular weight excluding hydrogens is 306 g/mol. The first-order valence-corrected chi connectivity index (χ1v) is 8.50. The number of rotatable bonds is 4. The molecule has 2 aromatic heterocycles. The van der Waals surface area contributed by atoms with Crippen molar-refractivity contribution in [3.05, 3.63) is 54.9 Å². The molecule has 0 radical (unpaired) electrons. The van der Waals surface area contributed by atoms with E-state index in [1.807, 2.05) is 43.1 Å². The summed E-state index contributed by atoms with van der Waals surface area (Å²) in [6, 6.07) is 7.00. The fourth-order valence-corrected chi connectivity index (χ4v) is 5.13. The molecule has 0 aromatic carbocycles. The van der Waals surface area contributed by atoms with Crippen LogP contribution in [0.15, 0.2) is 35.0 Å². The van der Waals surface area contributed by atoms with Crippen molar-refractivity contribution in [2.75, 3.05) is 14.1 Å². The van der Waals surface area contributed by atoms with Gasteiger partial charge >= 0.3 is 0 Å². The van der Waals surface area contributed by atoms with E-state index in [4.69, 9.17) is 0 Å². The maximum absolute atomic E-state index is 11.7. The third-order valence-corrected chi connectivity index (χ3v) is 6.04. The van der Waals surface area contributed by atoms with Crippen LogP contribution in [-0.2, 0) is 0 Å². The van der Waals surface area contributed by atoms with Crippen LogP contribution >= 0.6 is 22.7 Å². The predicted molar refractivity (Wildman–Crippen MR) is 85.5 cm³/mol. The summed E-state index contributed by atoms with van der Waals surface area (Å²) in [7, 11) is 3.80. The Morgan fingerprint density at radius 1 is 1.19 bits per heavy atom. The molecule has 0 aliphatic carbocycles. The van der Waals surface area contributed by atoms with Crippen molar-refractivity contribution < 1.29 is 4.92 Å². The van der Waals surface area contributed by atoms with Gasteiger partial charge in [0.25, 0.3) is 0 Å².